The molecular formula is C16H26N4O4S. The van der Waals surface area contributed by atoms with E-state index in [4.69, 9.17) is 5.73 Å². The molecule has 0 bridgehead atoms. The van der Waals surface area contributed by atoms with Gasteiger partial charge in [0.1, 0.15) is 0 Å². The lowest BCUT2D eigenvalue weighted by atomic mass is 10.1. The number of nitrogens with two attached hydrogens (primary N) is 1. The van der Waals surface area contributed by atoms with Crippen LogP contribution in [0.3, 0.4) is 0 Å². The molecule has 0 aliphatic rings. The second-order valence-electron chi connectivity index (χ2n) is 6.30. The van der Waals surface area contributed by atoms with Gasteiger partial charge in [-0.1, -0.05) is 19.9 Å². The molecule has 8 nitrogen and oxygen atoms in total. The molecular weight excluding hydrogens is 344 g/mol. The Labute approximate surface area is 148 Å². The number of hydrogen-bond donors (Lipinski definition) is 3. The fourth-order valence-electron chi connectivity index (χ4n) is 1.95. The summed E-state index contributed by atoms with van der Waals surface area (Å²) in [6.45, 7) is 5.05. The summed E-state index contributed by atoms with van der Waals surface area (Å²) in [5, 5.41) is 5.02. The van der Waals surface area contributed by atoms with Gasteiger partial charge in [0.25, 0.3) is 0 Å². The van der Waals surface area contributed by atoms with Crippen LogP contribution in [-0.2, 0) is 19.6 Å². The van der Waals surface area contributed by atoms with Crippen molar-refractivity contribution in [3.05, 3.63) is 23.8 Å². The number of aryl methyl sites for hydroxylation is 1. The molecule has 0 unspecified atom stereocenters. The molecule has 0 saturated heterocycles. The van der Waals surface area contributed by atoms with Gasteiger partial charge in [0.05, 0.1) is 17.5 Å². The normalized spacial score (nSPS) is 13.0. The number of anilines is 1. The molecule has 0 saturated carbocycles. The van der Waals surface area contributed by atoms with Crippen LogP contribution in [0, 0.1) is 12.8 Å². The second kappa shape index (κ2) is 8.41. The number of carbonyl (C=O) groups is 2. The molecule has 0 fully saturated rings. The molecule has 1 atom stereocenters. The zero-order chi connectivity index (χ0) is 19.4. The Morgan fingerprint density at radius 3 is 2.36 bits per heavy atom. The number of hydrogen-bond acceptors (Lipinski definition) is 5. The van der Waals surface area contributed by atoms with Gasteiger partial charge >= 0.3 is 0 Å². The Morgan fingerprint density at radius 2 is 1.84 bits per heavy atom. The summed E-state index contributed by atoms with van der Waals surface area (Å²) in [5.41, 5.74) is 6.60. The van der Waals surface area contributed by atoms with Crippen LogP contribution in [0.15, 0.2) is 23.1 Å². The van der Waals surface area contributed by atoms with Crippen molar-refractivity contribution in [2.75, 3.05) is 26.0 Å². The minimum atomic E-state index is -3.62. The molecule has 4 N–H and O–H groups in total. The zero-order valence-electron chi connectivity index (χ0n) is 15.2. The van der Waals surface area contributed by atoms with Crippen molar-refractivity contribution in [1.82, 2.24) is 9.62 Å². The number of nitrogens with zero attached hydrogens (tertiary/aromatic N) is 1. The van der Waals surface area contributed by atoms with Crippen LogP contribution in [-0.4, -0.2) is 51.2 Å². The van der Waals surface area contributed by atoms with Crippen molar-refractivity contribution in [2.24, 2.45) is 11.7 Å². The molecule has 1 aromatic carbocycles. The number of sulfonamides is 1. The Balaban J connectivity index is 2.81. The first-order chi connectivity index (χ1) is 11.5. The highest BCUT2D eigenvalue weighted by molar-refractivity contribution is 7.89. The number of carbonyl (C=O) groups excluding carboxylic acids is 2. The Morgan fingerprint density at radius 1 is 1.24 bits per heavy atom. The van der Waals surface area contributed by atoms with E-state index in [9.17, 15) is 18.0 Å². The second-order valence-corrected chi connectivity index (χ2v) is 8.42. The van der Waals surface area contributed by atoms with E-state index >= 15 is 0 Å². The van der Waals surface area contributed by atoms with Crippen LogP contribution in [0.2, 0.25) is 0 Å². The summed E-state index contributed by atoms with van der Waals surface area (Å²) in [6.07, 6.45) is 0. The van der Waals surface area contributed by atoms with E-state index in [1.807, 2.05) is 13.8 Å². The predicted molar refractivity (Wildman–Crippen MR) is 96.5 cm³/mol. The van der Waals surface area contributed by atoms with Crippen molar-refractivity contribution < 1.29 is 18.0 Å². The molecule has 0 spiro atoms. The molecule has 2 amide bonds. The van der Waals surface area contributed by atoms with Gasteiger partial charge in [-0.15, -0.1) is 0 Å². The molecule has 0 radical (unpaired) electrons. The largest absolute Gasteiger partial charge is 0.346 e. The molecule has 9 heteroatoms. The molecule has 0 aliphatic heterocycles. The Hall–Kier alpha value is -1.97. The fraction of sp³-hybridized carbons (Fsp3) is 0.500. The van der Waals surface area contributed by atoms with E-state index < -0.39 is 27.9 Å². The third-order valence-corrected chi connectivity index (χ3v) is 5.63. The van der Waals surface area contributed by atoms with Gasteiger partial charge in [-0.05, 0) is 30.5 Å². The lowest BCUT2D eigenvalue weighted by Crippen LogP contribution is -2.46. The molecule has 1 rings (SSSR count). The van der Waals surface area contributed by atoms with Crippen molar-refractivity contribution >= 4 is 27.5 Å². The fourth-order valence-corrected chi connectivity index (χ4v) is 3.09. The average Bonchev–Trinajstić information content (AvgIpc) is 2.53. The van der Waals surface area contributed by atoms with Crippen molar-refractivity contribution in [1.29, 1.82) is 0 Å². The van der Waals surface area contributed by atoms with Gasteiger partial charge in [0.2, 0.25) is 21.8 Å². The molecule has 1 aromatic rings. The first-order valence-electron chi connectivity index (χ1n) is 7.83. The van der Waals surface area contributed by atoms with Gasteiger partial charge in [-0.25, -0.2) is 12.7 Å². The predicted octanol–water partition coefficient (Wildman–Crippen LogP) is 0.283. The first kappa shape index (κ1) is 21.1. The topological polar surface area (TPSA) is 122 Å². The minimum Gasteiger partial charge on any atom is -0.346 e. The average molecular weight is 370 g/mol. The highest BCUT2D eigenvalue weighted by atomic mass is 32.2. The van der Waals surface area contributed by atoms with E-state index in [0.29, 0.717) is 11.3 Å². The number of benzene rings is 1. The summed E-state index contributed by atoms with van der Waals surface area (Å²) in [5.74, 6) is -0.926. The van der Waals surface area contributed by atoms with Gasteiger partial charge in [0.15, 0.2) is 0 Å². The zero-order valence-corrected chi connectivity index (χ0v) is 16.0. The molecule has 0 aromatic heterocycles. The van der Waals surface area contributed by atoms with Gasteiger partial charge < -0.3 is 16.4 Å². The highest BCUT2D eigenvalue weighted by Gasteiger charge is 2.21. The maximum absolute atomic E-state index is 12.3. The van der Waals surface area contributed by atoms with Crippen molar-refractivity contribution in [3.63, 3.8) is 0 Å². The number of nitrogens with one attached hydrogen (secondary N) is 2. The monoisotopic (exact) mass is 370 g/mol. The molecule has 25 heavy (non-hydrogen) atoms. The van der Waals surface area contributed by atoms with Crippen LogP contribution in [0.4, 0.5) is 5.69 Å². The lowest BCUT2D eigenvalue weighted by Gasteiger charge is -2.16. The molecule has 0 heterocycles. The van der Waals surface area contributed by atoms with Gasteiger partial charge in [0, 0.05) is 19.8 Å². The quantitative estimate of drug-likeness (QED) is 0.636. The summed E-state index contributed by atoms with van der Waals surface area (Å²) in [4.78, 5) is 23.8. The SMILES string of the molecule is Cc1ccc(NC(=O)CNC(=O)[C@@H](N)C(C)C)cc1S(=O)(=O)N(C)C. The van der Waals surface area contributed by atoms with Gasteiger partial charge in [-0.2, -0.15) is 0 Å². The summed E-state index contributed by atoms with van der Waals surface area (Å²) >= 11 is 0. The highest BCUT2D eigenvalue weighted by Crippen LogP contribution is 2.22. The Kier molecular flexibility index (Phi) is 7.09. The smallest absolute Gasteiger partial charge is 0.243 e. The van der Waals surface area contributed by atoms with Crippen LogP contribution in [0.1, 0.15) is 19.4 Å². The van der Waals surface area contributed by atoms with Crippen LogP contribution in [0.5, 0.6) is 0 Å². The molecule has 0 aliphatic carbocycles. The van der Waals surface area contributed by atoms with E-state index in [-0.39, 0.29) is 17.4 Å². The third-order valence-electron chi connectivity index (χ3n) is 3.67. The summed E-state index contributed by atoms with van der Waals surface area (Å²) in [7, 11) is -0.741. The molecule has 140 valence electrons. The standard InChI is InChI=1S/C16H26N4O4S/c1-10(2)15(17)16(22)18-9-14(21)19-12-7-6-11(3)13(8-12)25(23,24)20(4)5/h6-8,10,15H,9,17H2,1-5H3,(H,18,22)(H,19,21)/t15-/m0/s1. The maximum atomic E-state index is 12.3. The Bertz CT molecular complexity index is 745. The summed E-state index contributed by atoms with van der Waals surface area (Å²) in [6, 6.07) is 3.91. The van der Waals surface area contributed by atoms with Crippen molar-refractivity contribution in [2.45, 2.75) is 31.7 Å². The van der Waals surface area contributed by atoms with Crippen LogP contribution in [0.25, 0.3) is 0 Å². The van der Waals surface area contributed by atoms with Crippen LogP contribution >= 0.6 is 0 Å². The van der Waals surface area contributed by atoms with E-state index in [0.717, 1.165) is 4.31 Å². The third kappa shape index (κ3) is 5.52. The number of amides is 2. The number of rotatable bonds is 7. The van der Waals surface area contributed by atoms with E-state index in [1.54, 1.807) is 19.1 Å². The van der Waals surface area contributed by atoms with E-state index in [2.05, 4.69) is 10.6 Å². The van der Waals surface area contributed by atoms with Gasteiger partial charge in [-0.3, -0.25) is 9.59 Å². The summed E-state index contributed by atoms with van der Waals surface area (Å²) < 4.78 is 25.7. The first-order valence-corrected chi connectivity index (χ1v) is 9.27. The van der Waals surface area contributed by atoms with Crippen LogP contribution < -0.4 is 16.4 Å². The maximum Gasteiger partial charge on any atom is 0.243 e. The minimum absolute atomic E-state index is 0.0426. The van der Waals surface area contributed by atoms with E-state index in [1.165, 1.54) is 20.2 Å². The lowest BCUT2D eigenvalue weighted by molar-refractivity contribution is -0.125. The van der Waals surface area contributed by atoms with Crippen molar-refractivity contribution in [3.8, 4) is 0 Å².